The van der Waals surface area contributed by atoms with Gasteiger partial charge in [-0.1, -0.05) is 13.0 Å². The van der Waals surface area contributed by atoms with Crippen LogP contribution in [0, 0.1) is 12.8 Å². The van der Waals surface area contributed by atoms with Crippen LogP contribution in [0.15, 0.2) is 18.2 Å². The summed E-state index contributed by atoms with van der Waals surface area (Å²) in [6.45, 7) is 5.03. The number of rotatable bonds is 1. The summed E-state index contributed by atoms with van der Waals surface area (Å²) >= 11 is 0. The number of hydrogen-bond donors (Lipinski definition) is 2. The van der Waals surface area contributed by atoms with Crippen LogP contribution in [-0.2, 0) is 0 Å². The summed E-state index contributed by atoms with van der Waals surface area (Å²) in [5, 5.41) is 9.83. The van der Waals surface area contributed by atoms with Gasteiger partial charge in [0, 0.05) is 18.8 Å². The molecule has 2 atom stereocenters. The van der Waals surface area contributed by atoms with E-state index in [1.165, 1.54) is 0 Å². The summed E-state index contributed by atoms with van der Waals surface area (Å²) in [7, 11) is 0. The number of nitrogen functional groups attached to an aromatic ring is 1. The average molecular weight is 248 g/mol. The van der Waals surface area contributed by atoms with Crippen LogP contribution in [0.4, 0.5) is 5.69 Å². The molecule has 4 nitrogen and oxygen atoms in total. The van der Waals surface area contributed by atoms with Crippen molar-refractivity contribution in [2.24, 2.45) is 5.92 Å². The van der Waals surface area contributed by atoms with E-state index >= 15 is 0 Å². The van der Waals surface area contributed by atoms with Crippen molar-refractivity contribution in [2.75, 3.05) is 18.8 Å². The molecule has 0 spiro atoms. The lowest BCUT2D eigenvalue weighted by molar-refractivity contribution is 0.0249. The van der Waals surface area contributed by atoms with E-state index in [1.807, 2.05) is 19.9 Å². The van der Waals surface area contributed by atoms with Crippen LogP contribution >= 0.6 is 0 Å². The number of anilines is 1. The molecule has 1 aromatic carbocycles. The van der Waals surface area contributed by atoms with Gasteiger partial charge >= 0.3 is 0 Å². The first kappa shape index (κ1) is 12.9. The highest BCUT2D eigenvalue weighted by atomic mass is 16.3. The number of carbonyl (C=O) groups excluding carboxylic acids is 1. The fraction of sp³-hybridized carbons (Fsp3) is 0.500. The van der Waals surface area contributed by atoms with Crippen molar-refractivity contribution < 1.29 is 9.90 Å². The van der Waals surface area contributed by atoms with Crippen LogP contribution in [-0.4, -0.2) is 35.1 Å². The van der Waals surface area contributed by atoms with E-state index in [-0.39, 0.29) is 11.8 Å². The van der Waals surface area contributed by atoms with Crippen molar-refractivity contribution in [3.63, 3.8) is 0 Å². The highest BCUT2D eigenvalue weighted by molar-refractivity contribution is 5.99. The first-order chi connectivity index (χ1) is 8.49. The van der Waals surface area contributed by atoms with Crippen molar-refractivity contribution in [1.29, 1.82) is 0 Å². The van der Waals surface area contributed by atoms with Crippen molar-refractivity contribution in [2.45, 2.75) is 26.4 Å². The van der Waals surface area contributed by atoms with Gasteiger partial charge in [0.15, 0.2) is 0 Å². The fourth-order valence-electron chi connectivity index (χ4n) is 2.28. The van der Waals surface area contributed by atoms with Crippen LogP contribution in [0.1, 0.15) is 29.3 Å². The molecule has 1 heterocycles. The predicted octanol–water partition coefficient (Wildman–Crippen LogP) is 1.42. The Balaban J connectivity index is 2.16. The van der Waals surface area contributed by atoms with E-state index in [1.54, 1.807) is 17.0 Å². The number of β-amino-alcohol motifs (C(OH)–C–C–N with tert-alkyl or cyclic N) is 1. The molecule has 1 aliphatic heterocycles. The number of nitrogens with two attached hydrogens (primary N) is 1. The molecule has 18 heavy (non-hydrogen) atoms. The lowest BCUT2D eigenvalue weighted by Gasteiger charge is -2.34. The van der Waals surface area contributed by atoms with Gasteiger partial charge in [0.1, 0.15) is 0 Å². The second-order valence-corrected chi connectivity index (χ2v) is 5.18. The van der Waals surface area contributed by atoms with Crippen molar-refractivity contribution in [1.82, 2.24) is 4.90 Å². The molecule has 0 aliphatic carbocycles. The first-order valence-electron chi connectivity index (χ1n) is 6.32. The standard InChI is InChI=1S/C14H20N2O2/c1-9-3-4-11(12(15)7-9)14(18)16-6-5-10(2)13(17)8-16/h3-4,7,10,13,17H,5-6,8,15H2,1-2H3. The summed E-state index contributed by atoms with van der Waals surface area (Å²) in [5.74, 6) is 0.169. The van der Waals surface area contributed by atoms with E-state index < -0.39 is 6.10 Å². The number of amides is 1. The van der Waals surface area contributed by atoms with E-state index in [4.69, 9.17) is 5.73 Å². The zero-order valence-corrected chi connectivity index (χ0v) is 10.9. The van der Waals surface area contributed by atoms with Gasteiger partial charge < -0.3 is 15.7 Å². The van der Waals surface area contributed by atoms with E-state index in [9.17, 15) is 9.90 Å². The third-order valence-electron chi connectivity index (χ3n) is 3.64. The van der Waals surface area contributed by atoms with Crippen molar-refractivity contribution in [3.8, 4) is 0 Å². The maximum atomic E-state index is 12.3. The second kappa shape index (κ2) is 4.98. The Kier molecular flexibility index (Phi) is 3.57. The van der Waals surface area contributed by atoms with Crippen LogP contribution in [0.5, 0.6) is 0 Å². The number of aliphatic hydroxyl groups excluding tert-OH is 1. The van der Waals surface area contributed by atoms with E-state index in [0.29, 0.717) is 24.3 Å². The molecule has 1 amide bonds. The highest BCUT2D eigenvalue weighted by Gasteiger charge is 2.28. The van der Waals surface area contributed by atoms with Crippen LogP contribution in [0.25, 0.3) is 0 Å². The zero-order valence-electron chi connectivity index (χ0n) is 10.9. The van der Waals surface area contributed by atoms with Crippen molar-refractivity contribution in [3.05, 3.63) is 29.3 Å². The van der Waals surface area contributed by atoms with Gasteiger partial charge in [-0.05, 0) is 37.0 Å². The number of likely N-dealkylation sites (tertiary alicyclic amines) is 1. The lowest BCUT2D eigenvalue weighted by Crippen LogP contribution is -2.46. The van der Waals surface area contributed by atoms with Crippen LogP contribution < -0.4 is 5.73 Å². The smallest absolute Gasteiger partial charge is 0.256 e. The van der Waals surface area contributed by atoms with Gasteiger partial charge in [0.05, 0.1) is 11.7 Å². The first-order valence-corrected chi connectivity index (χ1v) is 6.32. The van der Waals surface area contributed by atoms with Gasteiger partial charge in [-0.2, -0.15) is 0 Å². The number of benzene rings is 1. The number of aryl methyl sites for hydroxylation is 1. The lowest BCUT2D eigenvalue weighted by atomic mass is 9.95. The molecule has 1 fully saturated rings. The van der Waals surface area contributed by atoms with E-state index in [2.05, 4.69) is 0 Å². The molecule has 98 valence electrons. The molecule has 1 saturated heterocycles. The SMILES string of the molecule is Cc1ccc(C(=O)N2CCC(C)C(O)C2)c(N)c1. The number of aliphatic hydroxyl groups is 1. The highest BCUT2D eigenvalue weighted by Crippen LogP contribution is 2.21. The molecular weight excluding hydrogens is 228 g/mol. The van der Waals surface area contributed by atoms with Gasteiger partial charge in [-0.25, -0.2) is 0 Å². The molecule has 4 heteroatoms. The minimum atomic E-state index is -0.436. The number of piperidine rings is 1. The second-order valence-electron chi connectivity index (χ2n) is 5.18. The monoisotopic (exact) mass is 248 g/mol. The molecular formula is C14H20N2O2. The normalized spacial score (nSPS) is 24.1. The zero-order chi connectivity index (χ0) is 13.3. The van der Waals surface area contributed by atoms with Gasteiger partial charge in [-0.3, -0.25) is 4.79 Å². The largest absolute Gasteiger partial charge is 0.398 e. The Hall–Kier alpha value is -1.55. The van der Waals surface area contributed by atoms with Gasteiger partial charge in [0.2, 0.25) is 0 Å². The Morgan fingerprint density at radius 1 is 1.50 bits per heavy atom. The summed E-state index contributed by atoms with van der Waals surface area (Å²) in [5.41, 5.74) is 7.96. The molecule has 3 N–H and O–H groups in total. The summed E-state index contributed by atoms with van der Waals surface area (Å²) in [6, 6.07) is 5.44. The van der Waals surface area contributed by atoms with Gasteiger partial charge in [0.25, 0.3) is 5.91 Å². The Morgan fingerprint density at radius 2 is 2.22 bits per heavy atom. The number of carbonyl (C=O) groups is 1. The average Bonchev–Trinajstić information content (AvgIpc) is 2.32. The Labute approximate surface area is 107 Å². The summed E-state index contributed by atoms with van der Waals surface area (Å²) in [4.78, 5) is 14.0. The predicted molar refractivity (Wildman–Crippen MR) is 71.3 cm³/mol. The quantitative estimate of drug-likeness (QED) is 0.739. The van der Waals surface area contributed by atoms with Crippen LogP contribution in [0.3, 0.4) is 0 Å². The summed E-state index contributed by atoms with van der Waals surface area (Å²) in [6.07, 6.45) is 0.396. The van der Waals surface area contributed by atoms with E-state index in [0.717, 1.165) is 12.0 Å². The molecule has 1 aromatic rings. The minimum Gasteiger partial charge on any atom is -0.398 e. The topological polar surface area (TPSA) is 66.6 Å². The molecule has 0 bridgehead atoms. The van der Waals surface area contributed by atoms with Gasteiger partial charge in [-0.15, -0.1) is 0 Å². The van der Waals surface area contributed by atoms with Crippen LogP contribution in [0.2, 0.25) is 0 Å². The Bertz CT molecular complexity index is 459. The van der Waals surface area contributed by atoms with Crippen molar-refractivity contribution >= 4 is 11.6 Å². The molecule has 1 aliphatic rings. The molecule has 0 saturated carbocycles. The maximum Gasteiger partial charge on any atom is 0.256 e. The molecule has 2 rings (SSSR count). The molecule has 0 aromatic heterocycles. The number of hydrogen-bond acceptors (Lipinski definition) is 3. The number of nitrogens with zero attached hydrogens (tertiary/aromatic N) is 1. The minimum absolute atomic E-state index is 0.0848. The molecule has 0 radical (unpaired) electrons. The third kappa shape index (κ3) is 2.48. The maximum absolute atomic E-state index is 12.3. The molecule has 2 unspecified atom stereocenters. The fourth-order valence-corrected chi connectivity index (χ4v) is 2.28. The summed E-state index contributed by atoms with van der Waals surface area (Å²) < 4.78 is 0. The Morgan fingerprint density at radius 3 is 2.83 bits per heavy atom. The third-order valence-corrected chi connectivity index (χ3v) is 3.64.